The smallest absolute Gasteiger partial charge is 0.237 e. The molecule has 2 N–H and O–H groups in total. The summed E-state index contributed by atoms with van der Waals surface area (Å²) >= 11 is 1.33. The normalized spacial score (nSPS) is 12.6. The lowest BCUT2D eigenvalue weighted by Gasteiger charge is -2.19. The van der Waals surface area contributed by atoms with Crippen molar-refractivity contribution in [3.05, 3.63) is 54.4 Å². The zero-order chi connectivity index (χ0) is 26.2. The Labute approximate surface area is 216 Å². The molecule has 1 heterocycles. The number of aromatic nitrogens is 3. The van der Waals surface area contributed by atoms with E-state index >= 15 is 0 Å². The summed E-state index contributed by atoms with van der Waals surface area (Å²) in [6, 6.07) is 14.5. The van der Waals surface area contributed by atoms with Gasteiger partial charge >= 0.3 is 0 Å². The Hall–Kier alpha value is -3.53. The van der Waals surface area contributed by atoms with Crippen LogP contribution in [0.15, 0.2) is 53.7 Å². The molecule has 0 saturated carbocycles. The lowest BCUT2D eigenvalue weighted by Crippen LogP contribution is -2.23. The van der Waals surface area contributed by atoms with Crippen LogP contribution < -0.4 is 20.1 Å². The molecule has 0 aliphatic heterocycles. The molecule has 3 rings (SSSR count). The Kier molecular flexibility index (Phi) is 9.35. The van der Waals surface area contributed by atoms with E-state index in [1.807, 2.05) is 42.7 Å². The average molecular weight is 512 g/mol. The van der Waals surface area contributed by atoms with E-state index < -0.39 is 5.25 Å². The maximum absolute atomic E-state index is 12.9. The number of hydrogen-bond donors (Lipinski definition) is 2. The number of benzene rings is 2. The molecule has 0 aliphatic rings. The van der Waals surface area contributed by atoms with Crippen molar-refractivity contribution in [2.24, 2.45) is 5.92 Å². The standard InChI is InChI=1S/C26H33N5O4S/c1-16(2)15-31-24(17(3)35-23-13-8-7-12-22(23)34-6)29-30-26(31)36-18(4)25(33)28-21-11-9-10-20(14-21)27-19(5)32/h7-14,16-18H,15H2,1-6H3,(H,27,32)(H,28,33). The fraction of sp³-hybridized carbons (Fsp3) is 0.385. The van der Waals surface area contributed by atoms with Crippen LogP contribution >= 0.6 is 11.8 Å². The summed E-state index contributed by atoms with van der Waals surface area (Å²) in [6.45, 7) is 10.1. The van der Waals surface area contributed by atoms with Crippen LogP contribution in [0.3, 0.4) is 0 Å². The van der Waals surface area contributed by atoms with Crippen LogP contribution in [0.4, 0.5) is 11.4 Å². The van der Waals surface area contributed by atoms with Gasteiger partial charge in [0, 0.05) is 24.8 Å². The van der Waals surface area contributed by atoms with Crippen LogP contribution in [0.25, 0.3) is 0 Å². The Balaban J connectivity index is 1.75. The Bertz CT molecular complexity index is 1200. The van der Waals surface area contributed by atoms with Gasteiger partial charge in [-0.25, -0.2) is 0 Å². The predicted molar refractivity (Wildman–Crippen MR) is 142 cm³/mol. The molecule has 2 amide bonds. The molecule has 36 heavy (non-hydrogen) atoms. The van der Waals surface area contributed by atoms with E-state index in [0.29, 0.717) is 46.3 Å². The van der Waals surface area contributed by atoms with E-state index in [-0.39, 0.29) is 17.9 Å². The van der Waals surface area contributed by atoms with Crippen molar-refractivity contribution in [3.8, 4) is 11.5 Å². The third kappa shape index (κ3) is 7.24. The summed E-state index contributed by atoms with van der Waals surface area (Å²) in [7, 11) is 1.60. The van der Waals surface area contributed by atoms with Crippen molar-refractivity contribution in [1.29, 1.82) is 0 Å². The highest BCUT2D eigenvalue weighted by Crippen LogP contribution is 2.32. The Morgan fingerprint density at radius 2 is 1.64 bits per heavy atom. The summed E-state index contributed by atoms with van der Waals surface area (Å²) in [6.07, 6.45) is -0.387. The molecule has 0 bridgehead atoms. The zero-order valence-electron chi connectivity index (χ0n) is 21.4. The first-order chi connectivity index (χ1) is 17.2. The molecule has 10 heteroatoms. The minimum absolute atomic E-state index is 0.174. The van der Waals surface area contributed by atoms with Gasteiger partial charge in [0.15, 0.2) is 28.6 Å². The van der Waals surface area contributed by atoms with Gasteiger partial charge in [-0.3, -0.25) is 9.59 Å². The second-order valence-corrected chi connectivity index (χ2v) is 10.1. The second-order valence-electron chi connectivity index (χ2n) is 8.77. The van der Waals surface area contributed by atoms with Crippen molar-refractivity contribution in [3.63, 3.8) is 0 Å². The third-order valence-corrected chi connectivity index (χ3v) is 6.21. The van der Waals surface area contributed by atoms with Crippen molar-refractivity contribution in [2.45, 2.75) is 57.7 Å². The number of methoxy groups -OCH3 is 1. The number of para-hydroxylation sites is 2. The van der Waals surface area contributed by atoms with Gasteiger partial charge in [-0.2, -0.15) is 0 Å². The van der Waals surface area contributed by atoms with Crippen molar-refractivity contribution < 1.29 is 19.1 Å². The predicted octanol–water partition coefficient (Wildman–Crippen LogP) is 5.16. The maximum atomic E-state index is 12.9. The summed E-state index contributed by atoms with van der Waals surface area (Å²) < 4.78 is 13.6. The molecular weight excluding hydrogens is 478 g/mol. The molecule has 2 atom stereocenters. The van der Waals surface area contributed by atoms with E-state index in [4.69, 9.17) is 9.47 Å². The van der Waals surface area contributed by atoms with E-state index in [1.165, 1.54) is 18.7 Å². The number of carbonyl (C=O) groups is 2. The summed E-state index contributed by atoms with van der Waals surface area (Å²) in [5.41, 5.74) is 1.22. The number of thioether (sulfide) groups is 1. The Morgan fingerprint density at radius 3 is 2.28 bits per heavy atom. The highest BCUT2D eigenvalue weighted by atomic mass is 32.2. The molecule has 0 radical (unpaired) electrons. The molecule has 9 nitrogen and oxygen atoms in total. The first-order valence-corrected chi connectivity index (χ1v) is 12.6. The first-order valence-electron chi connectivity index (χ1n) is 11.8. The summed E-state index contributed by atoms with van der Waals surface area (Å²) in [5, 5.41) is 14.6. The number of hydrogen-bond acceptors (Lipinski definition) is 7. The molecular formula is C26H33N5O4S. The first kappa shape index (κ1) is 27.1. The van der Waals surface area contributed by atoms with Gasteiger partial charge in [0.25, 0.3) is 0 Å². The quantitative estimate of drug-likeness (QED) is 0.342. The average Bonchev–Trinajstić information content (AvgIpc) is 3.20. The number of nitrogens with zero attached hydrogens (tertiary/aromatic N) is 3. The van der Waals surface area contributed by atoms with E-state index in [9.17, 15) is 9.59 Å². The number of amides is 2. The zero-order valence-corrected chi connectivity index (χ0v) is 22.3. The number of nitrogens with one attached hydrogen (secondary N) is 2. The fourth-order valence-electron chi connectivity index (χ4n) is 3.52. The molecule has 0 aliphatic carbocycles. The highest BCUT2D eigenvalue weighted by Gasteiger charge is 2.24. The largest absolute Gasteiger partial charge is 0.493 e. The third-order valence-electron chi connectivity index (χ3n) is 5.13. The SMILES string of the molecule is COc1ccccc1OC(C)c1nnc(SC(C)C(=O)Nc2cccc(NC(C)=O)c2)n1CC(C)C. The minimum atomic E-state index is -0.442. The molecule has 0 fully saturated rings. The van der Waals surface area contributed by atoms with E-state index in [1.54, 1.807) is 31.4 Å². The van der Waals surface area contributed by atoms with Gasteiger partial charge in [-0.05, 0) is 50.1 Å². The molecule has 0 spiro atoms. The monoisotopic (exact) mass is 511 g/mol. The Morgan fingerprint density at radius 1 is 0.972 bits per heavy atom. The molecule has 0 saturated heterocycles. The number of carbonyl (C=O) groups excluding carboxylic acids is 2. The number of anilines is 2. The molecule has 1 aromatic heterocycles. The van der Waals surface area contributed by atoms with Crippen molar-refractivity contribution >= 4 is 35.0 Å². The van der Waals surface area contributed by atoms with Crippen LogP contribution in [-0.4, -0.2) is 38.9 Å². The van der Waals surface area contributed by atoms with Crippen LogP contribution in [0, 0.1) is 5.92 Å². The summed E-state index contributed by atoms with van der Waals surface area (Å²) in [4.78, 5) is 24.2. The van der Waals surface area contributed by atoms with Gasteiger partial charge in [0.05, 0.1) is 12.4 Å². The lowest BCUT2D eigenvalue weighted by atomic mass is 10.2. The second kappa shape index (κ2) is 12.4. The highest BCUT2D eigenvalue weighted by molar-refractivity contribution is 8.00. The topological polar surface area (TPSA) is 107 Å². The van der Waals surface area contributed by atoms with E-state index in [0.717, 1.165) is 0 Å². The van der Waals surface area contributed by atoms with Gasteiger partial charge in [-0.1, -0.05) is 43.8 Å². The molecule has 2 unspecified atom stereocenters. The fourth-order valence-corrected chi connectivity index (χ4v) is 4.38. The number of rotatable bonds is 11. The molecule has 3 aromatic rings. The van der Waals surface area contributed by atoms with Gasteiger partial charge in [0.2, 0.25) is 11.8 Å². The molecule has 192 valence electrons. The molecule has 2 aromatic carbocycles. The van der Waals surface area contributed by atoms with Crippen LogP contribution in [0.1, 0.15) is 46.5 Å². The van der Waals surface area contributed by atoms with Crippen molar-refractivity contribution in [1.82, 2.24) is 14.8 Å². The van der Waals surface area contributed by atoms with Gasteiger partial charge < -0.3 is 24.7 Å². The van der Waals surface area contributed by atoms with Crippen LogP contribution in [-0.2, 0) is 16.1 Å². The van der Waals surface area contributed by atoms with Crippen LogP contribution in [0.5, 0.6) is 11.5 Å². The minimum Gasteiger partial charge on any atom is -0.493 e. The van der Waals surface area contributed by atoms with Gasteiger partial charge in [0.1, 0.15) is 0 Å². The number of ether oxygens (including phenoxy) is 2. The van der Waals surface area contributed by atoms with Gasteiger partial charge in [-0.15, -0.1) is 10.2 Å². The van der Waals surface area contributed by atoms with Crippen molar-refractivity contribution in [2.75, 3.05) is 17.7 Å². The maximum Gasteiger partial charge on any atom is 0.237 e. The van der Waals surface area contributed by atoms with Crippen LogP contribution in [0.2, 0.25) is 0 Å². The summed E-state index contributed by atoms with van der Waals surface area (Å²) in [5.74, 6) is 1.91. The van der Waals surface area contributed by atoms with E-state index in [2.05, 4.69) is 34.7 Å². The lowest BCUT2D eigenvalue weighted by molar-refractivity contribution is -0.115.